The van der Waals surface area contributed by atoms with Crippen LogP contribution in [0.3, 0.4) is 0 Å². The maximum absolute atomic E-state index is 13.2. The first-order valence-electron chi connectivity index (χ1n) is 11.0. The molecule has 0 radical (unpaired) electrons. The molecule has 2 aliphatic rings. The minimum absolute atomic E-state index is 0.252. The molecule has 2 atom stereocenters. The number of carbonyl (C=O) groups excluding carboxylic acids is 2. The van der Waals surface area contributed by atoms with Crippen molar-refractivity contribution < 1.29 is 19.1 Å². The highest BCUT2D eigenvalue weighted by Crippen LogP contribution is 2.29. The molecule has 168 valence electrons. The van der Waals surface area contributed by atoms with Crippen LogP contribution in [-0.4, -0.2) is 72.5 Å². The summed E-state index contributed by atoms with van der Waals surface area (Å²) in [6, 6.07) is 5.37. The zero-order valence-electron chi connectivity index (χ0n) is 18.0. The van der Waals surface area contributed by atoms with Gasteiger partial charge in [-0.15, -0.1) is 0 Å². The van der Waals surface area contributed by atoms with Crippen LogP contribution in [0, 0.1) is 5.92 Å². The number of ether oxygens (including phenoxy) is 2. The predicted molar refractivity (Wildman–Crippen MR) is 116 cm³/mol. The van der Waals surface area contributed by atoms with Crippen molar-refractivity contribution in [3.05, 3.63) is 23.9 Å². The van der Waals surface area contributed by atoms with Gasteiger partial charge in [-0.1, -0.05) is 25.0 Å². The van der Waals surface area contributed by atoms with Crippen LogP contribution in [0.5, 0.6) is 5.75 Å². The fourth-order valence-electron chi connectivity index (χ4n) is 4.64. The summed E-state index contributed by atoms with van der Waals surface area (Å²) in [5.74, 6) is -0.283. The third-order valence-electron chi connectivity index (χ3n) is 6.35. The van der Waals surface area contributed by atoms with Gasteiger partial charge in [-0.3, -0.25) is 19.2 Å². The molecule has 1 saturated carbocycles. The number of hydrogen-bond donors (Lipinski definition) is 2. The molecule has 0 spiro atoms. The largest absolute Gasteiger partial charge is 0.494 e. The van der Waals surface area contributed by atoms with E-state index < -0.39 is 0 Å². The number of morpholine rings is 1. The fourth-order valence-corrected chi connectivity index (χ4v) is 4.64. The smallest absolute Gasteiger partial charge is 0.272 e. The lowest BCUT2D eigenvalue weighted by Gasteiger charge is -2.29. The van der Waals surface area contributed by atoms with Crippen LogP contribution in [0.25, 0.3) is 10.9 Å². The van der Waals surface area contributed by atoms with Gasteiger partial charge in [0.1, 0.15) is 11.3 Å². The molecule has 4 rings (SSSR count). The second kappa shape index (κ2) is 9.65. The van der Waals surface area contributed by atoms with Crippen molar-refractivity contribution in [1.82, 2.24) is 20.0 Å². The second-order valence-corrected chi connectivity index (χ2v) is 8.26. The molecule has 1 saturated heterocycles. The van der Waals surface area contributed by atoms with Gasteiger partial charge in [0, 0.05) is 31.1 Å². The molecule has 9 heteroatoms. The molecular weight excluding hydrogens is 398 g/mol. The minimum atomic E-state index is -0.354. The van der Waals surface area contributed by atoms with Crippen molar-refractivity contribution in [3.63, 3.8) is 0 Å². The van der Waals surface area contributed by atoms with Crippen LogP contribution in [0.4, 0.5) is 0 Å². The standard InChI is InChI=1S/C22H31N5O4/c1-30-18-8-4-6-16-19(22(29)24-17-7-3-2-5-15(17)21(23)28)25-27(20(16)18)10-9-26-11-13-31-14-12-26/h4,6,8,15,17H,2-3,5,7,9-14H2,1H3,(H2,23,28)(H,24,29)/t15-,17+/m0/s1. The number of aromatic nitrogens is 2. The van der Waals surface area contributed by atoms with E-state index in [1.54, 1.807) is 7.11 Å². The van der Waals surface area contributed by atoms with Crippen LogP contribution < -0.4 is 15.8 Å². The molecule has 3 N–H and O–H groups in total. The Morgan fingerprint density at radius 3 is 2.74 bits per heavy atom. The quantitative estimate of drug-likeness (QED) is 0.683. The van der Waals surface area contributed by atoms with Gasteiger partial charge in [0.15, 0.2) is 5.69 Å². The van der Waals surface area contributed by atoms with E-state index in [9.17, 15) is 9.59 Å². The van der Waals surface area contributed by atoms with Crippen LogP contribution in [0.2, 0.25) is 0 Å². The molecule has 2 heterocycles. The maximum Gasteiger partial charge on any atom is 0.272 e. The van der Waals surface area contributed by atoms with E-state index in [0.717, 1.165) is 63.0 Å². The first-order chi connectivity index (χ1) is 15.1. The second-order valence-electron chi connectivity index (χ2n) is 8.26. The van der Waals surface area contributed by atoms with Gasteiger partial charge in [-0.25, -0.2) is 0 Å². The molecule has 31 heavy (non-hydrogen) atoms. The van der Waals surface area contributed by atoms with Crippen molar-refractivity contribution in [1.29, 1.82) is 0 Å². The highest BCUT2D eigenvalue weighted by molar-refractivity contribution is 6.06. The Hall–Kier alpha value is -2.65. The summed E-state index contributed by atoms with van der Waals surface area (Å²) in [5, 5.41) is 8.44. The Labute approximate surface area is 181 Å². The summed E-state index contributed by atoms with van der Waals surface area (Å²) in [4.78, 5) is 27.4. The van der Waals surface area contributed by atoms with Crippen LogP contribution >= 0.6 is 0 Å². The summed E-state index contributed by atoms with van der Waals surface area (Å²) in [6.07, 6.45) is 3.38. The molecule has 1 aliphatic heterocycles. The summed E-state index contributed by atoms with van der Waals surface area (Å²) in [6.45, 7) is 4.70. The number of nitrogens with zero attached hydrogens (tertiary/aromatic N) is 3. The molecule has 0 bridgehead atoms. The minimum Gasteiger partial charge on any atom is -0.494 e. The Morgan fingerprint density at radius 1 is 1.23 bits per heavy atom. The Morgan fingerprint density at radius 2 is 2.00 bits per heavy atom. The molecule has 2 amide bonds. The first-order valence-corrected chi connectivity index (χ1v) is 11.0. The third kappa shape index (κ3) is 4.67. The van der Waals surface area contributed by atoms with Gasteiger partial charge < -0.3 is 20.5 Å². The Balaban J connectivity index is 1.59. The maximum atomic E-state index is 13.2. The topological polar surface area (TPSA) is 112 Å². The van der Waals surface area contributed by atoms with Gasteiger partial charge >= 0.3 is 0 Å². The predicted octanol–water partition coefficient (Wildman–Crippen LogP) is 1.15. The highest BCUT2D eigenvalue weighted by atomic mass is 16.5. The van der Waals surface area contributed by atoms with Gasteiger partial charge in [0.05, 0.1) is 32.8 Å². The number of nitrogens with two attached hydrogens (primary N) is 1. The van der Waals surface area contributed by atoms with Gasteiger partial charge in [0.25, 0.3) is 5.91 Å². The summed E-state index contributed by atoms with van der Waals surface area (Å²) >= 11 is 0. The molecule has 0 unspecified atom stereocenters. The number of fused-ring (bicyclic) bond motifs is 1. The molecular formula is C22H31N5O4. The average Bonchev–Trinajstić information content (AvgIpc) is 3.17. The number of primary amides is 1. The first kappa shape index (κ1) is 21.6. The lowest BCUT2D eigenvalue weighted by molar-refractivity contribution is -0.123. The summed E-state index contributed by atoms with van der Waals surface area (Å²) in [5.41, 5.74) is 6.73. The van der Waals surface area contributed by atoms with E-state index in [1.807, 2.05) is 22.9 Å². The Kier molecular flexibility index (Phi) is 6.72. The summed E-state index contributed by atoms with van der Waals surface area (Å²) < 4.78 is 12.8. The van der Waals surface area contributed by atoms with Crippen LogP contribution in [-0.2, 0) is 16.1 Å². The normalized spacial score (nSPS) is 22.4. The van der Waals surface area contributed by atoms with E-state index in [2.05, 4.69) is 15.3 Å². The molecule has 2 fully saturated rings. The summed E-state index contributed by atoms with van der Waals surface area (Å²) in [7, 11) is 1.62. The van der Waals surface area contributed by atoms with Crippen molar-refractivity contribution in [2.45, 2.75) is 38.3 Å². The third-order valence-corrected chi connectivity index (χ3v) is 6.35. The van der Waals surface area contributed by atoms with Crippen LogP contribution in [0.1, 0.15) is 36.2 Å². The number of benzene rings is 1. The number of para-hydroxylation sites is 1. The van der Waals surface area contributed by atoms with E-state index in [4.69, 9.17) is 15.2 Å². The number of amides is 2. The van der Waals surface area contributed by atoms with Crippen molar-refractivity contribution in [2.75, 3.05) is 40.0 Å². The zero-order valence-corrected chi connectivity index (χ0v) is 18.0. The average molecular weight is 430 g/mol. The molecule has 9 nitrogen and oxygen atoms in total. The van der Waals surface area contributed by atoms with Gasteiger partial charge in [0.2, 0.25) is 5.91 Å². The van der Waals surface area contributed by atoms with Gasteiger partial charge in [-0.2, -0.15) is 5.10 Å². The SMILES string of the molecule is COc1cccc2c(C(=O)N[C@@H]3CCCC[C@@H]3C(N)=O)nn(CCN3CCOCC3)c12. The van der Waals surface area contributed by atoms with Gasteiger partial charge in [-0.05, 0) is 18.9 Å². The number of carbonyl (C=O) groups is 2. The Bertz CT molecular complexity index is 937. The highest BCUT2D eigenvalue weighted by Gasteiger charge is 2.32. The molecule has 2 aromatic rings. The van der Waals surface area contributed by atoms with E-state index in [0.29, 0.717) is 24.4 Å². The lowest BCUT2D eigenvalue weighted by Crippen LogP contribution is -2.47. The van der Waals surface area contributed by atoms with E-state index in [-0.39, 0.29) is 23.8 Å². The monoisotopic (exact) mass is 429 g/mol. The van der Waals surface area contributed by atoms with Crippen molar-refractivity contribution >= 4 is 22.7 Å². The number of nitrogens with one attached hydrogen (secondary N) is 1. The molecule has 1 aromatic carbocycles. The zero-order chi connectivity index (χ0) is 21.8. The van der Waals surface area contributed by atoms with Crippen molar-refractivity contribution in [3.8, 4) is 5.75 Å². The van der Waals surface area contributed by atoms with Crippen molar-refractivity contribution in [2.24, 2.45) is 11.7 Å². The lowest BCUT2D eigenvalue weighted by atomic mass is 9.84. The number of methoxy groups -OCH3 is 1. The van der Waals surface area contributed by atoms with E-state index in [1.165, 1.54) is 0 Å². The number of hydrogen-bond acceptors (Lipinski definition) is 6. The molecule has 1 aliphatic carbocycles. The van der Waals surface area contributed by atoms with E-state index >= 15 is 0 Å². The van der Waals surface area contributed by atoms with Crippen LogP contribution in [0.15, 0.2) is 18.2 Å². The molecule has 1 aromatic heterocycles. The fraction of sp³-hybridized carbons (Fsp3) is 0.591. The number of rotatable bonds is 7.